The van der Waals surface area contributed by atoms with Crippen LogP contribution in [0.25, 0.3) is 0 Å². The summed E-state index contributed by atoms with van der Waals surface area (Å²) in [6, 6.07) is 5.82. The Kier molecular flexibility index (Phi) is 5.05. The van der Waals surface area contributed by atoms with E-state index in [1.165, 1.54) is 0 Å². The van der Waals surface area contributed by atoms with Crippen LogP contribution < -0.4 is 9.47 Å². The highest BCUT2D eigenvalue weighted by Crippen LogP contribution is 2.32. The molecule has 0 radical (unpaired) electrons. The number of rotatable bonds is 5. The number of aliphatic hydroxyl groups excluding tert-OH is 1. The first-order valence-corrected chi connectivity index (χ1v) is 6.77. The molecule has 2 rings (SSSR count). The average molecular weight is 266 g/mol. The minimum absolute atomic E-state index is 0.0981. The molecule has 19 heavy (non-hydrogen) atoms. The Morgan fingerprint density at radius 3 is 2.89 bits per heavy atom. The van der Waals surface area contributed by atoms with Gasteiger partial charge in [0.2, 0.25) is 0 Å². The molecule has 1 aliphatic rings. The monoisotopic (exact) mass is 266 g/mol. The first kappa shape index (κ1) is 14.2. The lowest BCUT2D eigenvalue weighted by Gasteiger charge is -2.24. The van der Waals surface area contributed by atoms with Crippen LogP contribution in [0.2, 0.25) is 0 Å². The van der Waals surface area contributed by atoms with E-state index >= 15 is 0 Å². The van der Waals surface area contributed by atoms with Crippen molar-refractivity contribution < 1.29 is 19.3 Å². The van der Waals surface area contributed by atoms with E-state index in [-0.39, 0.29) is 18.6 Å². The van der Waals surface area contributed by atoms with E-state index in [2.05, 4.69) is 0 Å². The third kappa shape index (κ3) is 3.61. The molecule has 106 valence electrons. The third-order valence-electron chi connectivity index (χ3n) is 3.44. The summed E-state index contributed by atoms with van der Waals surface area (Å²) in [5, 5.41) is 9.19. The van der Waals surface area contributed by atoms with Crippen molar-refractivity contribution in [2.24, 2.45) is 0 Å². The van der Waals surface area contributed by atoms with E-state index in [9.17, 15) is 5.11 Å². The van der Waals surface area contributed by atoms with Crippen molar-refractivity contribution in [1.29, 1.82) is 0 Å². The van der Waals surface area contributed by atoms with Crippen LogP contribution in [0, 0.1) is 0 Å². The fourth-order valence-electron chi connectivity index (χ4n) is 2.18. The zero-order valence-corrected chi connectivity index (χ0v) is 11.6. The lowest BCUT2D eigenvalue weighted by Crippen LogP contribution is -2.28. The maximum atomic E-state index is 9.19. The second kappa shape index (κ2) is 6.78. The quantitative estimate of drug-likeness (QED) is 0.888. The molecule has 0 spiro atoms. The maximum Gasteiger partial charge on any atom is 0.161 e. The van der Waals surface area contributed by atoms with Gasteiger partial charge in [0, 0.05) is 19.1 Å². The Labute approximate surface area is 114 Å². The summed E-state index contributed by atoms with van der Waals surface area (Å²) >= 11 is 0. The summed E-state index contributed by atoms with van der Waals surface area (Å²) in [5.41, 5.74) is 1.05. The zero-order valence-electron chi connectivity index (χ0n) is 11.6. The van der Waals surface area contributed by atoms with Crippen molar-refractivity contribution in [3.63, 3.8) is 0 Å². The second-order valence-electron chi connectivity index (χ2n) is 4.95. The van der Waals surface area contributed by atoms with E-state index in [0.29, 0.717) is 12.4 Å². The molecule has 4 heteroatoms. The summed E-state index contributed by atoms with van der Waals surface area (Å²) in [6.45, 7) is 3.56. The summed E-state index contributed by atoms with van der Waals surface area (Å²) in [4.78, 5) is 0. The molecule has 0 aromatic heterocycles. The average Bonchev–Trinajstić information content (AvgIpc) is 2.48. The van der Waals surface area contributed by atoms with Crippen molar-refractivity contribution >= 4 is 0 Å². The van der Waals surface area contributed by atoms with Crippen LogP contribution in [0.4, 0.5) is 0 Å². The Morgan fingerprint density at radius 1 is 1.42 bits per heavy atom. The lowest BCUT2D eigenvalue weighted by atomic mass is 10.0. The fraction of sp³-hybridized carbons (Fsp3) is 0.600. The van der Waals surface area contributed by atoms with Gasteiger partial charge in [-0.1, -0.05) is 13.0 Å². The van der Waals surface area contributed by atoms with Gasteiger partial charge in [0.05, 0.1) is 13.7 Å². The van der Waals surface area contributed by atoms with E-state index in [4.69, 9.17) is 14.2 Å². The molecule has 1 N–H and O–H groups in total. The molecule has 0 amide bonds. The molecular weight excluding hydrogens is 244 g/mol. The Hall–Kier alpha value is -1.26. The van der Waals surface area contributed by atoms with Gasteiger partial charge < -0.3 is 19.3 Å². The molecule has 0 saturated carbocycles. The predicted octanol–water partition coefficient (Wildman–Crippen LogP) is 2.35. The first-order chi connectivity index (χ1) is 9.24. The third-order valence-corrected chi connectivity index (χ3v) is 3.44. The Balaban J connectivity index is 2.11. The first-order valence-electron chi connectivity index (χ1n) is 6.77. The zero-order chi connectivity index (χ0) is 13.7. The van der Waals surface area contributed by atoms with Crippen LogP contribution >= 0.6 is 0 Å². The predicted molar refractivity (Wildman–Crippen MR) is 73.0 cm³/mol. The van der Waals surface area contributed by atoms with Gasteiger partial charge in [-0.3, -0.25) is 0 Å². The highest BCUT2D eigenvalue weighted by molar-refractivity contribution is 5.44. The van der Waals surface area contributed by atoms with Gasteiger partial charge in [0.25, 0.3) is 0 Å². The second-order valence-corrected chi connectivity index (χ2v) is 4.95. The van der Waals surface area contributed by atoms with Gasteiger partial charge >= 0.3 is 0 Å². The lowest BCUT2D eigenvalue weighted by molar-refractivity contribution is 0.00643. The van der Waals surface area contributed by atoms with Gasteiger partial charge in [0.15, 0.2) is 11.5 Å². The van der Waals surface area contributed by atoms with Crippen molar-refractivity contribution in [1.82, 2.24) is 0 Å². The minimum Gasteiger partial charge on any atom is -0.493 e. The summed E-state index contributed by atoms with van der Waals surface area (Å²) in [7, 11) is 1.63. The highest BCUT2D eigenvalue weighted by atomic mass is 16.5. The van der Waals surface area contributed by atoms with Gasteiger partial charge in [-0.25, -0.2) is 0 Å². The van der Waals surface area contributed by atoms with Crippen LogP contribution in [0.5, 0.6) is 11.5 Å². The smallest absolute Gasteiger partial charge is 0.161 e. The molecule has 0 aliphatic carbocycles. The Morgan fingerprint density at radius 2 is 2.26 bits per heavy atom. The largest absolute Gasteiger partial charge is 0.493 e. The standard InChI is InChI=1S/C15H22O4/c1-11(9-16)12-5-6-14(15(8-12)17-2)19-13-4-3-7-18-10-13/h5-6,8,11,13,16H,3-4,7,9-10H2,1-2H3. The topological polar surface area (TPSA) is 47.9 Å². The van der Waals surface area contributed by atoms with Crippen LogP contribution in [0.3, 0.4) is 0 Å². The van der Waals surface area contributed by atoms with Crippen LogP contribution in [-0.2, 0) is 4.74 Å². The van der Waals surface area contributed by atoms with Gasteiger partial charge in [0.1, 0.15) is 6.10 Å². The summed E-state index contributed by atoms with van der Waals surface area (Å²) < 4.78 is 16.7. The molecule has 1 heterocycles. The highest BCUT2D eigenvalue weighted by Gasteiger charge is 2.18. The SMILES string of the molecule is COc1cc(C(C)CO)ccc1OC1CCCOC1. The number of benzene rings is 1. The molecular formula is C15H22O4. The molecule has 1 saturated heterocycles. The van der Waals surface area contributed by atoms with Crippen LogP contribution in [0.1, 0.15) is 31.2 Å². The molecule has 4 nitrogen and oxygen atoms in total. The van der Waals surface area contributed by atoms with E-state index in [0.717, 1.165) is 30.8 Å². The molecule has 0 bridgehead atoms. The van der Waals surface area contributed by atoms with Gasteiger partial charge in [-0.2, -0.15) is 0 Å². The van der Waals surface area contributed by atoms with Crippen LogP contribution in [-0.4, -0.2) is 38.1 Å². The number of hydrogen-bond donors (Lipinski definition) is 1. The van der Waals surface area contributed by atoms with Crippen LogP contribution in [0.15, 0.2) is 18.2 Å². The number of hydrogen-bond acceptors (Lipinski definition) is 4. The van der Waals surface area contributed by atoms with E-state index in [1.54, 1.807) is 7.11 Å². The van der Waals surface area contributed by atoms with E-state index in [1.807, 2.05) is 25.1 Å². The number of aliphatic hydroxyl groups is 1. The number of ether oxygens (including phenoxy) is 3. The molecule has 1 fully saturated rings. The summed E-state index contributed by atoms with van der Waals surface area (Å²) in [5.74, 6) is 1.55. The minimum atomic E-state index is 0.0981. The van der Waals surface area contributed by atoms with Crippen molar-refractivity contribution in [3.8, 4) is 11.5 Å². The summed E-state index contributed by atoms with van der Waals surface area (Å²) in [6.07, 6.45) is 2.15. The fourth-order valence-corrected chi connectivity index (χ4v) is 2.18. The normalized spacial score (nSPS) is 20.9. The molecule has 2 atom stereocenters. The Bertz CT molecular complexity index is 399. The van der Waals surface area contributed by atoms with Crippen molar-refractivity contribution in [2.75, 3.05) is 26.9 Å². The number of methoxy groups -OCH3 is 1. The van der Waals surface area contributed by atoms with Crippen molar-refractivity contribution in [3.05, 3.63) is 23.8 Å². The van der Waals surface area contributed by atoms with Crippen molar-refractivity contribution in [2.45, 2.75) is 31.8 Å². The molecule has 2 unspecified atom stereocenters. The molecule has 1 aromatic rings. The van der Waals surface area contributed by atoms with Gasteiger partial charge in [-0.15, -0.1) is 0 Å². The maximum absolute atomic E-state index is 9.19. The molecule has 1 aliphatic heterocycles. The molecule has 1 aromatic carbocycles. The van der Waals surface area contributed by atoms with E-state index < -0.39 is 0 Å². The van der Waals surface area contributed by atoms with Gasteiger partial charge in [-0.05, 0) is 30.5 Å².